The number of aromatic nitrogens is 2. The Kier molecular flexibility index (Phi) is 5.94. The van der Waals surface area contributed by atoms with Crippen LogP contribution in [0.1, 0.15) is 71.0 Å². The van der Waals surface area contributed by atoms with Gasteiger partial charge in [0, 0.05) is 19.7 Å². The van der Waals surface area contributed by atoms with Crippen molar-refractivity contribution in [3.63, 3.8) is 0 Å². The lowest BCUT2D eigenvalue weighted by Gasteiger charge is -2.18. The van der Waals surface area contributed by atoms with Crippen molar-refractivity contribution in [1.29, 1.82) is 0 Å². The summed E-state index contributed by atoms with van der Waals surface area (Å²) in [5, 5.41) is 5.96. The second kappa shape index (κ2) is 8.78. The SMILES string of the molecule is CC(NC(=O)c1nc(C(=O)NCC2CCCO2)n2c1CCCC2)c1ccccc1. The zero-order valence-corrected chi connectivity index (χ0v) is 16.8. The number of fused-ring (bicyclic) bond motifs is 1. The van der Waals surface area contributed by atoms with Gasteiger partial charge in [-0.2, -0.15) is 0 Å². The van der Waals surface area contributed by atoms with Crippen molar-refractivity contribution in [3.8, 4) is 0 Å². The predicted molar refractivity (Wildman–Crippen MR) is 109 cm³/mol. The number of amides is 2. The first kappa shape index (κ1) is 19.6. The summed E-state index contributed by atoms with van der Waals surface area (Å²) in [5.41, 5.74) is 2.26. The Morgan fingerprint density at radius 2 is 2.03 bits per heavy atom. The number of carbonyl (C=O) groups excluding carboxylic acids is 2. The molecule has 0 radical (unpaired) electrons. The maximum Gasteiger partial charge on any atom is 0.287 e. The van der Waals surface area contributed by atoms with Crippen LogP contribution in [-0.2, 0) is 17.7 Å². The monoisotopic (exact) mass is 396 g/mol. The maximum atomic E-state index is 13.0. The van der Waals surface area contributed by atoms with Gasteiger partial charge < -0.3 is 19.9 Å². The zero-order valence-electron chi connectivity index (χ0n) is 16.8. The van der Waals surface area contributed by atoms with E-state index in [1.165, 1.54) is 0 Å². The Morgan fingerprint density at radius 1 is 1.21 bits per heavy atom. The summed E-state index contributed by atoms with van der Waals surface area (Å²) in [6.07, 6.45) is 4.81. The van der Waals surface area contributed by atoms with Crippen LogP contribution in [0.25, 0.3) is 0 Å². The fourth-order valence-electron chi connectivity index (χ4n) is 4.08. The van der Waals surface area contributed by atoms with Crippen LogP contribution in [0.5, 0.6) is 0 Å². The second-order valence-electron chi connectivity index (χ2n) is 7.79. The number of ether oxygens (including phenoxy) is 1. The third kappa shape index (κ3) is 4.34. The van der Waals surface area contributed by atoms with Crippen LogP contribution in [-0.4, -0.2) is 40.6 Å². The second-order valence-corrected chi connectivity index (χ2v) is 7.79. The molecule has 1 fully saturated rings. The molecule has 7 heteroatoms. The number of imidazole rings is 1. The van der Waals surface area contributed by atoms with E-state index in [0.717, 1.165) is 50.0 Å². The van der Waals surface area contributed by atoms with E-state index < -0.39 is 0 Å². The molecule has 4 rings (SSSR count). The van der Waals surface area contributed by atoms with E-state index in [0.29, 0.717) is 24.6 Å². The molecule has 2 N–H and O–H groups in total. The van der Waals surface area contributed by atoms with Crippen molar-refractivity contribution in [1.82, 2.24) is 20.2 Å². The van der Waals surface area contributed by atoms with Crippen LogP contribution in [0.15, 0.2) is 30.3 Å². The molecule has 29 heavy (non-hydrogen) atoms. The average molecular weight is 396 g/mol. The lowest BCUT2D eigenvalue weighted by Crippen LogP contribution is -2.34. The van der Waals surface area contributed by atoms with Gasteiger partial charge in [0.05, 0.1) is 17.8 Å². The molecule has 2 aromatic rings. The Hall–Kier alpha value is -2.67. The molecular formula is C22H28N4O3. The van der Waals surface area contributed by atoms with Crippen molar-refractivity contribution < 1.29 is 14.3 Å². The summed E-state index contributed by atoms with van der Waals surface area (Å²) >= 11 is 0. The van der Waals surface area contributed by atoms with Crippen molar-refractivity contribution in [2.24, 2.45) is 0 Å². The highest BCUT2D eigenvalue weighted by Crippen LogP contribution is 2.22. The van der Waals surface area contributed by atoms with Crippen molar-refractivity contribution in [2.75, 3.05) is 13.2 Å². The van der Waals surface area contributed by atoms with Gasteiger partial charge in [-0.25, -0.2) is 4.98 Å². The Bertz CT molecular complexity index is 872. The molecule has 1 saturated heterocycles. The first-order valence-corrected chi connectivity index (χ1v) is 10.5. The molecule has 3 heterocycles. The number of nitrogens with zero attached hydrogens (tertiary/aromatic N) is 2. The molecule has 0 saturated carbocycles. The lowest BCUT2D eigenvalue weighted by molar-refractivity contribution is 0.0845. The van der Waals surface area contributed by atoms with Gasteiger partial charge in [-0.05, 0) is 44.6 Å². The smallest absolute Gasteiger partial charge is 0.287 e. The van der Waals surface area contributed by atoms with E-state index in [-0.39, 0.29) is 24.0 Å². The number of nitrogens with one attached hydrogen (secondary N) is 2. The molecule has 2 aliphatic rings. The third-order valence-corrected chi connectivity index (χ3v) is 5.70. The standard InChI is InChI=1S/C22H28N4O3/c1-15(16-8-3-2-4-9-16)24-21(27)19-18-11-5-6-12-26(18)20(25-19)22(28)23-14-17-10-7-13-29-17/h2-4,8-9,15,17H,5-7,10-14H2,1H3,(H,23,28)(H,24,27). The lowest BCUT2D eigenvalue weighted by atomic mass is 10.1. The summed E-state index contributed by atoms with van der Waals surface area (Å²) in [6.45, 7) is 3.90. The Labute approximate surface area is 170 Å². The van der Waals surface area contributed by atoms with Crippen LogP contribution in [0.3, 0.4) is 0 Å². The summed E-state index contributed by atoms with van der Waals surface area (Å²) in [5.74, 6) is -0.140. The largest absolute Gasteiger partial charge is 0.376 e. The van der Waals surface area contributed by atoms with Gasteiger partial charge in [0.25, 0.3) is 11.8 Å². The Balaban J connectivity index is 1.51. The molecule has 2 unspecified atom stereocenters. The fourth-order valence-corrected chi connectivity index (χ4v) is 4.08. The summed E-state index contributed by atoms with van der Waals surface area (Å²) in [6, 6.07) is 9.68. The summed E-state index contributed by atoms with van der Waals surface area (Å²) in [4.78, 5) is 30.2. The molecular weight excluding hydrogens is 368 g/mol. The van der Waals surface area contributed by atoms with E-state index in [9.17, 15) is 9.59 Å². The average Bonchev–Trinajstić information content (AvgIpc) is 3.40. The van der Waals surface area contributed by atoms with Crippen LogP contribution in [0.2, 0.25) is 0 Å². The van der Waals surface area contributed by atoms with E-state index in [4.69, 9.17) is 4.74 Å². The fraction of sp³-hybridized carbons (Fsp3) is 0.500. The van der Waals surface area contributed by atoms with Crippen LogP contribution < -0.4 is 10.6 Å². The molecule has 2 atom stereocenters. The van der Waals surface area contributed by atoms with Gasteiger partial charge in [-0.3, -0.25) is 9.59 Å². The minimum absolute atomic E-state index is 0.0734. The molecule has 0 spiro atoms. The molecule has 2 amide bonds. The van der Waals surface area contributed by atoms with E-state index in [1.807, 2.05) is 41.8 Å². The van der Waals surface area contributed by atoms with Gasteiger partial charge in [-0.15, -0.1) is 0 Å². The normalized spacial score (nSPS) is 19.4. The van der Waals surface area contributed by atoms with Crippen molar-refractivity contribution in [3.05, 3.63) is 53.1 Å². The van der Waals surface area contributed by atoms with Crippen LogP contribution >= 0.6 is 0 Å². The molecule has 0 bridgehead atoms. The quantitative estimate of drug-likeness (QED) is 0.786. The molecule has 1 aromatic heterocycles. The minimum atomic E-state index is -0.237. The number of hydrogen-bond acceptors (Lipinski definition) is 4. The summed E-state index contributed by atoms with van der Waals surface area (Å²) in [7, 11) is 0. The van der Waals surface area contributed by atoms with Gasteiger partial charge in [0.15, 0.2) is 5.82 Å². The van der Waals surface area contributed by atoms with Gasteiger partial charge in [0.2, 0.25) is 0 Å². The number of rotatable bonds is 6. The number of carbonyl (C=O) groups is 2. The predicted octanol–water partition coefficient (Wildman–Crippen LogP) is 2.62. The first-order valence-electron chi connectivity index (χ1n) is 10.5. The topological polar surface area (TPSA) is 85.2 Å². The van der Waals surface area contributed by atoms with Gasteiger partial charge in [0.1, 0.15) is 5.69 Å². The molecule has 7 nitrogen and oxygen atoms in total. The highest BCUT2D eigenvalue weighted by molar-refractivity contribution is 5.97. The maximum absolute atomic E-state index is 13.0. The van der Waals surface area contributed by atoms with Crippen LogP contribution in [0.4, 0.5) is 0 Å². The molecule has 1 aromatic carbocycles. The molecule has 154 valence electrons. The van der Waals surface area contributed by atoms with Crippen LogP contribution in [0, 0.1) is 0 Å². The highest BCUT2D eigenvalue weighted by Gasteiger charge is 2.28. The summed E-state index contributed by atoms with van der Waals surface area (Å²) < 4.78 is 7.49. The number of benzene rings is 1. The third-order valence-electron chi connectivity index (χ3n) is 5.70. The number of hydrogen-bond donors (Lipinski definition) is 2. The molecule has 0 aliphatic carbocycles. The van der Waals surface area contributed by atoms with Gasteiger partial charge in [-0.1, -0.05) is 30.3 Å². The highest BCUT2D eigenvalue weighted by atomic mass is 16.5. The first-order chi connectivity index (χ1) is 14.1. The molecule has 2 aliphatic heterocycles. The minimum Gasteiger partial charge on any atom is -0.376 e. The zero-order chi connectivity index (χ0) is 20.2. The Morgan fingerprint density at radius 3 is 2.79 bits per heavy atom. The van der Waals surface area contributed by atoms with E-state index in [2.05, 4.69) is 15.6 Å². The van der Waals surface area contributed by atoms with Gasteiger partial charge >= 0.3 is 0 Å². The van der Waals surface area contributed by atoms with E-state index in [1.54, 1.807) is 0 Å². The van der Waals surface area contributed by atoms with E-state index >= 15 is 0 Å². The van der Waals surface area contributed by atoms with Crippen molar-refractivity contribution >= 4 is 11.8 Å². The van der Waals surface area contributed by atoms with Crippen molar-refractivity contribution in [2.45, 2.75) is 57.7 Å².